The van der Waals surface area contributed by atoms with Crippen molar-refractivity contribution in [1.82, 2.24) is 0 Å². The molecule has 0 aromatic carbocycles. The van der Waals surface area contributed by atoms with E-state index in [0.29, 0.717) is 0 Å². The topological polar surface area (TPSA) is 40.5 Å². The van der Waals surface area contributed by atoms with Gasteiger partial charge in [-0.05, 0) is 31.2 Å². The second-order valence-electron chi connectivity index (χ2n) is 3.30. The Hall–Kier alpha value is -0.640. The summed E-state index contributed by atoms with van der Waals surface area (Å²) in [7, 11) is 0. The predicted octanol–water partition coefficient (Wildman–Crippen LogP) is 2.50. The Bertz CT molecular complexity index is 277. The van der Waals surface area contributed by atoms with Crippen LogP contribution in [-0.2, 0) is 0 Å². The molecule has 78 valence electrons. The van der Waals surface area contributed by atoms with Gasteiger partial charge in [0.2, 0.25) is 0 Å². The molecule has 2 nitrogen and oxygen atoms in total. The molecule has 14 heavy (non-hydrogen) atoms. The van der Waals surface area contributed by atoms with Crippen molar-refractivity contribution in [2.24, 2.45) is 0 Å². The Balaban J connectivity index is 2.35. The van der Waals surface area contributed by atoms with E-state index in [1.54, 1.807) is 17.4 Å². The first-order valence-electron chi connectivity index (χ1n) is 4.72. The third-order valence-corrected chi connectivity index (χ3v) is 3.10. The predicted molar refractivity (Wildman–Crippen MR) is 59.4 cm³/mol. The van der Waals surface area contributed by atoms with Crippen LogP contribution in [0.3, 0.4) is 0 Å². The van der Waals surface area contributed by atoms with Crippen molar-refractivity contribution in [3.05, 3.63) is 34.0 Å². The highest BCUT2D eigenvalue weighted by molar-refractivity contribution is 7.10. The lowest BCUT2D eigenvalue weighted by atomic mass is 10.1. The van der Waals surface area contributed by atoms with Crippen LogP contribution in [0.2, 0.25) is 0 Å². The zero-order valence-electron chi connectivity index (χ0n) is 8.31. The molecule has 1 heterocycles. The fourth-order valence-electron chi connectivity index (χ4n) is 1.25. The van der Waals surface area contributed by atoms with Crippen molar-refractivity contribution in [3.8, 4) is 0 Å². The van der Waals surface area contributed by atoms with Gasteiger partial charge in [0.15, 0.2) is 0 Å². The molecule has 0 bridgehead atoms. The monoisotopic (exact) mass is 212 g/mol. The van der Waals surface area contributed by atoms with Crippen LogP contribution in [0.15, 0.2) is 29.2 Å². The maximum absolute atomic E-state index is 9.75. The fraction of sp³-hybridized carbons (Fsp3) is 0.455. The number of hydrogen-bond acceptors (Lipinski definition) is 3. The van der Waals surface area contributed by atoms with Crippen LogP contribution in [0.4, 0.5) is 0 Å². The Kier molecular flexibility index (Phi) is 4.87. The summed E-state index contributed by atoms with van der Waals surface area (Å²) < 4.78 is 0. The SMILES string of the molecule is C/C(=C\CO)CCC(O)c1cccs1. The van der Waals surface area contributed by atoms with Gasteiger partial charge >= 0.3 is 0 Å². The number of hydrogen-bond donors (Lipinski definition) is 2. The summed E-state index contributed by atoms with van der Waals surface area (Å²) in [6, 6.07) is 3.89. The second kappa shape index (κ2) is 5.96. The highest BCUT2D eigenvalue weighted by atomic mass is 32.1. The van der Waals surface area contributed by atoms with Gasteiger partial charge in [0, 0.05) is 4.88 Å². The summed E-state index contributed by atoms with van der Waals surface area (Å²) >= 11 is 1.58. The largest absolute Gasteiger partial charge is 0.392 e. The van der Waals surface area contributed by atoms with Crippen LogP contribution in [0.1, 0.15) is 30.7 Å². The third-order valence-electron chi connectivity index (χ3n) is 2.12. The van der Waals surface area contributed by atoms with Gasteiger partial charge in [-0.3, -0.25) is 0 Å². The fourth-order valence-corrected chi connectivity index (χ4v) is 1.99. The molecule has 1 rings (SSSR count). The van der Waals surface area contributed by atoms with E-state index in [2.05, 4.69) is 0 Å². The van der Waals surface area contributed by atoms with Gasteiger partial charge in [-0.1, -0.05) is 17.7 Å². The Morgan fingerprint density at radius 1 is 1.64 bits per heavy atom. The molecule has 0 saturated heterocycles. The highest BCUT2D eigenvalue weighted by Gasteiger charge is 2.07. The highest BCUT2D eigenvalue weighted by Crippen LogP contribution is 2.24. The maximum atomic E-state index is 9.75. The zero-order valence-corrected chi connectivity index (χ0v) is 9.13. The molecule has 1 atom stereocenters. The molecule has 0 spiro atoms. The van der Waals surface area contributed by atoms with E-state index in [1.165, 1.54) is 0 Å². The maximum Gasteiger partial charge on any atom is 0.0885 e. The Morgan fingerprint density at radius 2 is 2.43 bits per heavy atom. The minimum Gasteiger partial charge on any atom is -0.392 e. The van der Waals surface area contributed by atoms with Crippen molar-refractivity contribution < 1.29 is 10.2 Å². The molecule has 0 amide bonds. The summed E-state index contributed by atoms with van der Waals surface area (Å²) in [4.78, 5) is 1.02. The lowest BCUT2D eigenvalue weighted by molar-refractivity contribution is 0.171. The number of allylic oxidation sites excluding steroid dienone is 1. The normalized spacial score (nSPS) is 14.4. The van der Waals surface area contributed by atoms with E-state index in [9.17, 15) is 5.11 Å². The van der Waals surface area contributed by atoms with Crippen LogP contribution in [0.5, 0.6) is 0 Å². The molecule has 0 aliphatic heterocycles. The van der Waals surface area contributed by atoms with Crippen LogP contribution < -0.4 is 0 Å². The summed E-state index contributed by atoms with van der Waals surface area (Å²) in [5, 5.41) is 20.4. The lowest BCUT2D eigenvalue weighted by Crippen LogP contribution is -1.95. The molecule has 1 aromatic heterocycles. The van der Waals surface area contributed by atoms with Crippen LogP contribution in [0.25, 0.3) is 0 Å². The van der Waals surface area contributed by atoms with Crippen molar-refractivity contribution in [3.63, 3.8) is 0 Å². The molecule has 0 fully saturated rings. The number of aliphatic hydroxyl groups is 2. The van der Waals surface area contributed by atoms with E-state index >= 15 is 0 Å². The summed E-state index contributed by atoms with van der Waals surface area (Å²) in [5.74, 6) is 0. The first kappa shape index (κ1) is 11.4. The number of rotatable bonds is 5. The van der Waals surface area contributed by atoms with Gasteiger partial charge in [-0.2, -0.15) is 0 Å². The quantitative estimate of drug-likeness (QED) is 0.736. The molecule has 0 aliphatic carbocycles. The summed E-state index contributed by atoms with van der Waals surface area (Å²) in [6.45, 7) is 2.05. The van der Waals surface area contributed by atoms with Crippen molar-refractivity contribution in [2.45, 2.75) is 25.9 Å². The van der Waals surface area contributed by atoms with Gasteiger partial charge < -0.3 is 10.2 Å². The number of thiophene rings is 1. The average molecular weight is 212 g/mol. The molecule has 3 heteroatoms. The molecule has 0 aliphatic rings. The lowest BCUT2D eigenvalue weighted by Gasteiger charge is -2.08. The smallest absolute Gasteiger partial charge is 0.0885 e. The summed E-state index contributed by atoms with van der Waals surface area (Å²) in [6.07, 6.45) is 2.97. The molecule has 1 aromatic rings. The van der Waals surface area contributed by atoms with E-state index in [1.807, 2.05) is 24.4 Å². The van der Waals surface area contributed by atoms with E-state index < -0.39 is 0 Å². The minimum absolute atomic E-state index is 0.0843. The van der Waals surface area contributed by atoms with Gasteiger partial charge in [0.05, 0.1) is 12.7 Å². The zero-order chi connectivity index (χ0) is 10.4. The minimum atomic E-state index is -0.364. The third kappa shape index (κ3) is 3.62. The van der Waals surface area contributed by atoms with Gasteiger partial charge in [-0.25, -0.2) is 0 Å². The first-order chi connectivity index (χ1) is 6.74. The van der Waals surface area contributed by atoms with E-state index in [-0.39, 0.29) is 12.7 Å². The second-order valence-corrected chi connectivity index (χ2v) is 4.28. The number of aliphatic hydroxyl groups excluding tert-OH is 2. The van der Waals surface area contributed by atoms with Crippen molar-refractivity contribution >= 4 is 11.3 Å². The van der Waals surface area contributed by atoms with Crippen molar-refractivity contribution in [1.29, 1.82) is 0 Å². The Morgan fingerprint density at radius 3 is 3.00 bits per heavy atom. The summed E-state index contributed by atoms with van der Waals surface area (Å²) in [5.41, 5.74) is 1.13. The van der Waals surface area contributed by atoms with Gasteiger partial charge in [0.1, 0.15) is 0 Å². The van der Waals surface area contributed by atoms with Crippen LogP contribution in [-0.4, -0.2) is 16.8 Å². The van der Waals surface area contributed by atoms with Crippen LogP contribution >= 0.6 is 11.3 Å². The van der Waals surface area contributed by atoms with Crippen LogP contribution in [0, 0.1) is 0 Å². The molecule has 0 radical (unpaired) electrons. The van der Waals surface area contributed by atoms with Crippen molar-refractivity contribution in [2.75, 3.05) is 6.61 Å². The molecule has 1 unspecified atom stereocenters. The van der Waals surface area contributed by atoms with E-state index in [4.69, 9.17) is 5.11 Å². The van der Waals surface area contributed by atoms with E-state index in [0.717, 1.165) is 23.3 Å². The average Bonchev–Trinajstić information content (AvgIpc) is 2.67. The van der Waals surface area contributed by atoms with Gasteiger partial charge in [0.25, 0.3) is 0 Å². The van der Waals surface area contributed by atoms with Gasteiger partial charge in [-0.15, -0.1) is 11.3 Å². The standard InChI is InChI=1S/C11H16O2S/c1-9(6-7-12)4-5-10(13)11-3-2-8-14-11/h2-3,6,8,10,12-13H,4-5,7H2,1H3/b9-6+. The molecule has 0 saturated carbocycles. The molecular weight excluding hydrogens is 196 g/mol. The molecular formula is C11H16O2S. The Labute approximate surface area is 88.5 Å². The molecule has 2 N–H and O–H groups in total. The first-order valence-corrected chi connectivity index (χ1v) is 5.60.